The first-order valence-electron chi connectivity index (χ1n) is 7.42. The second kappa shape index (κ2) is 7.37. The van der Waals surface area contributed by atoms with E-state index in [1.54, 1.807) is 11.3 Å². The molecule has 0 saturated carbocycles. The summed E-state index contributed by atoms with van der Waals surface area (Å²) < 4.78 is 1.12. The van der Waals surface area contributed by atoms with Gasteiger partial charge in [0, 0.05) is 24.2 Å². The lowest BCUT2D eigenvalue weighted by molar-refractivity contribution is -0.129. The molecule has 1 aliphatic rings. The van der Waals surface area contributed by atoms with E-state index in [1.807, 2.05) is 24.3 Å². The number of fused-ring (bicyclic) bond motifs is 1. The number of hydrogen-bond acceptors (Lipinski definition) is 5. The van der Waals surface area contributed by atoms with Crippen molar-refractivity contribution in [2.75, 3.05) is 6.54 Å². The molecule has 0 spiro atoms. The highest BCUT2D eigenvalue weighted by molar-refractivity contribution is 9.09. The standard InChI is InChI=1S/C15H17BrN4O2S/c16-9-7-11(17-8-9)15(22)20-19-13(21)5-6-14-18-10-3-1-2-4-12(10)23-14/h1-4,9,11,17H,5-8H2,(H,19,21)(H,20,22). The van der Waals surface area contributed by atoms with Gasteiger partial charge in [0.1, 0.15) is 0 Å². The van der Waals surface area contributed by atoms with E-state index >= 15 is 0 Å². The van der Waals surface area contributed by atoms with Crippen LogP contribution in [0, 0.1) is 0 Å². The molecule has 122 valence electrons. The smallest absolute Gasteiger partial charge is 0.255 e. The number of aryl methyl sites for hydroxylation is 1. The molecule has 2 heterocycles. The molecule has 1 aromatic carbocycles. The zero-order chi connectivity index (χ0) is 16.2. The predicted octanol–water partition coefficient (Wildman–Crippen LogP) is 1.50. The lowest BCUT2D eigenvalue weighted by Crippen LogP contribution is -2.49. The van der Waals surface area contributed by atoms with Crippen LogP contribution in [0.4, 0.5) is 0 Å². The molecule has 2 unspecified atom stereocenters. The van der Waals surface area contributed by atoms with E-state index in [9.17, 15) is 9.59 Å². The number of hydrazine groups is 1. The summed E-state index contributed by atoms with van der Waals surface area (Å²) in [5.41, 5.74) is 5.89. The number of benzene rings is 1. The van der Waals surface area contributed by atoms with Gasteiger partial charge in [-0.25, -0.2) is 4.98 Å². The van der Waals surface area contributed by atoms with Crippen molar-refractivity contribution in [1.82, 2.24) is 21.2 Å². The molecular weight excluding hydrogens is 380 g/mol. The number of carbonyl (C=O) groups excluding carboxylic acids is 2. The molecule has 1 fully saturated rings. The molecule has 8 heteroatoms. The van der Waals surface area contributed by atoms with E-state index in [2.05, 4.69) is 37.1 Å². The molecule has 2 aromatic rings. The van der Waals surface area contributed by atoms with Crippen molar-refractivity contribution in [1.29, 1.82) is 0 Å². The zero-order valence-corrected chi connectivity index (χ0v) is 14.7. The van der Waals surface area contributed by atoms with Crippen LogP contribution in [0.15, 0.2) is 24.3 Å². The quantitative estimate of drug-likeness (QED) is 0.540. The molecule has 1 aromatic heterocycles. The highest BCUT2D eigenvalue weighted by atomic mass is 79.9. The molecule has 0 bridgehead atoms. The van der Waals surface area contributed by atoms with E-state index in [-0.39, 0.29) is 17.9 Å². The summed E-state index contributed by atoms with van der Waals surface area (Å²) in [7, 11) is 0. The van der Waals surface area contributed by atoms with Gasteiger partial charge in [0.25, 0.3) is 5.91 Å². The van der Waals surface area contributed by atoms with E-state index in [4.69, 9.17) is 0 Å². The van der Waals surface area contributed by atoms with Gasteiger partial charge in [-0.1, -0.05) is 28.1 Å². The maximum Gasteiger partial charge on any atom is 0.255 e. The number of alkyl halides is 1. The largest absolute Gasteiger partial charge is 0.305 e. The second-order valence-electron chi connectivity index (χ2n) is 5.41. The maximum absolute atomic E-state index is 11.9. The summed E-state index contributed by atoms with van der Waals surface area (Å²) in [5, 5.41) is 4.01. The van der Waals surface area contributed by atoms with Gasteiger partial charge >= 0.3 is 0 Å². The first-order valence-corrected chi connectivity index (χ1v) is 9.15. The van der Waals surface area contributed by atoms with Crippen LogP contribution in [-0.2, 0) is 16.0 Å². The Bertz CT molecular complexity index is 687. The van der Waals surface area contributed by atoms with Gasteiger partial charge < -0.3 is 5.32 Å². The van der Waals surface area contributed by atoms with E-state index < -0.39 is 0 Å². The average Bonchev–Trinajstić information content (AvgIpc) is 3.16. The summed E-state index contributed by atoms with van der Waals surface area (Å²) >= 11 is 5.05. The fraction of sp³-hybridized carbons (Fsp3) is 0.400. The van der Waals surface area contributed by atoms with Crippen molar-refractivity contribution in [3.8, 4) is 0 Å². The van der Waals surface area contributed by atoms with Gasteiger partial charge in [-0.15, -0.1) is 11.3 Å². The van der Waals surface area contributed by atoms with Crippen molar-refractivity contribution < 1.29 is 9.59 Å². The van der Waals surface area contributed by atoms with E-state index in [0.717, 1.165) is 21.8 Å². The molecular formula is C15H17BrN4O2S. The Hall–Kier alpha value is -1.51. The van der Waals surface area contributed by atoms with Crippen molar-refractivity contribution in [3.05, 3.63) is 29.3 Å². The number of amides is 2. The number of para-hydroxylation sites is 1. The topological polar surface area (TPSA) is 83.1 Å². The normalized spacial score (nSPS) is 20.6. The SMILES string of the molecule is O=C(CCc1nc2ccccc2s1)NNC(=O)C1CC(Br)CN1. The number of hydrogen-bond donors (Lipinski definition) is 3. The minimum atomic E-state index is -0.260. The van der Waals surface area contributed by atoms with Crippen molar-refractivity contribution in [2.45, 2.75) is 30.1 Å². The minimum absolute atomic E-state index is 0.208. The van der Waals surface area contributed by atoms with Gasteiger partial charge in [0.05, 0.1) is 21.3 Å². The van der Waals surface area contributed by atoms with Gasteiger partial charge in [-0.3, -0.25) is 20.4 Å². The van der Waals surface area contributed by atoms with E-state index in [0.29, 0.717) is 24.1 Å². The van der Waals surface area contributed by atoms with Crippen LogP contribution >= 0.6 is 27.3 Å². The lowest BCUT2D eigenvalue weighted by Gasteiger charge is -2.11. The van der Waals surface area contributed by atoms with Crippen LogP contribution in [-0.4, -0.2) is 34.2 Å². The number of carbonyl (C=O) groups is 2. The number of thiazole rings is 1. The van der Waals surface area contributed by atoms with Crippen molar-refractivity contribution >= 4 is 49.3 Å². The van der Waals surface area contributed by atoms with Crippen LogP contribution in [0.2, 0.25) is 0 Å². The monoisotopic (exact) mass is 396 g/mol. The number of rotatable bonds is 4. The molecule has 1 saturated heterocycles. The van der Waals surface area contributed by atoms with Crippen LogP contribution in [0.3, 0.4) is 0 Å². The van der Waals surface area contributed by atoms with Gasteiger partial charge in [-0.05, 0) is 18.6 Å². The molecule has 6 nitrogen and oxygen atoms in total. The molecule has 2 atom stereocenters. The highest BCUT2D eigenvalue weighted by Crippen LogP contribution is 2.22. The predicted molar refractivity (Wildman–Crippen MR) is 93.3 cm³/mol. The first kappa shape index (κ1) is 16.4. The van der Waals surface area contributed by atoms with Crippen LogP contribution in [0.25, 0.3) is 10.2 Å². The van der Waals surface area contributed by atoms with Crippen molar-refractivity contribution in [3.63, 3.8) is 0 Å². The molecule has 0 radical (unpaired) electrons. The second-order valence-corrected chi connectivity index (χ2v) is 7.82. The Labute approximate surface area is 146 Å². The summed E-state index contributed by atoms with van der Waals surface area (Å²) in [5.74, 6) is -0.425. The Morgan fingerprint density at radius 1 is 1.35 bits per heavy atom. The molecule has 23 heavy (non-hydrogen) atoms. The van der Waals surface area contributed by atoms with Crippen LogP contribution in [0.1, 0.15) is 17.8 Å². The Balaban J connectivity index is 1.43. The summed E-state index contributed by atoms with van der Waals surface area (Å²) in [6, 6.07) is 7.64. The third-order valence-corrected chi connectivity index (χ3v) is 5.42. The highest BCUT2D eigenvalue weighted by Gasteiger charge is 2.27. The Kier molecular flexibility index (Phi) is 5.24. The zero-order valence-electron chi connectivity index (χ0n) is 12.3. The summed E-state index contributed by atoms with van der Waals surface area (Å²) in [6.45, 7) is 0.754. The molecule has 0 aliphatic carbocycles. The summed E-state index contributed by atoms with van der Waals surface area (Å²) in [4.78, 5) is 28.5. The molecule has 3 N–H and O–H groups in total. The fourth-order valence-corrected chi connectivity index (χ4v) is 3.95. The Morgan fingerprint density at radius 3 is 2.91 bits per heavy atom. The van der Waals surface area contributed by atoms with E-state index in [1.165, 1.54) is 0 Å². The van der Waals surface area contributed by atoms with Crippen LogP contribution < -0.4 is 16.2 Å². The molecule has 1 aliphatic heterocycles. The lowest BCUT2D eigenvalue weighted by atomic mass is 10.2. The third-order valence-electron chi connectivity index (χ3n) is 3.62. The van der Waals surface area contributed by atoms with Crippen LogP contribution in [0.5, 0.6) is 0 Å². The third kappa shape index (κ3) is 4.27. The molecule has 2 amide bonds. The minimum Gasteiger partial charge on any atom is -0.305 e. The summed E-state index contributed by atoms with van der Waals surface area (Å²) in [6.07, 6.45) is 1.57. The van der Waals surface area contributed by atoms with Crippen molar-refractivity contribution in [2.24, 2.45) is 0 Å². The van der Waals surface area contributed by atoms with Gasteiger partial charge in [0.2, 0.25) is 5.91 Å². The fourth-order valence-electron chi connectivity index (χ4n) is 2.42. The van der Waals surface area contributed by atoms with Gasteiger partial charge in [0.15, 0.2) is 0 Å². The molecule has 3 rings (SSSR count). The number of aromatic nitrogens is 1. The van der Waals surface area contributed by atoms with Gasteiger partial charge in [-0.2, -0.15) is 0 Å². The Morgan fingerprint density at radius 2 is 2.17 bits per heavy atom. The number of halogens is 1. The average molecular weight is 397 g/mol. The number of nitrogens with zero attached hydrogens (tertiary/aromatic N) is 1. The number of nitrogens with one attached hydrogen (secondary N) is 3. The maximum atomic E-state index is 11.9. The first-order chi connectivity index (χ1) is 11.1.